The molecule has 3 heteroatoms. The van der Waals surface area contributed by atoms with E-state index < -0.39 is 0 Å². The second-order valence-corrected chi connectivity index (χ2v) is 5.05. The lowest BCUT2D eigenvalue weighted by molar-refractivity contribution is 0.340. The van der Waals surface area contributed by atoms with Crippen LogP contribution in [0.1, 0.15) is 32.4 Å². The van der Waals surface area contributed by atoms with Gasteiger partial charge in [-0.2, -0.15) is 0 Å². The minimum Gasteiger partial charge on any atom is -0.494 e. The van der Waals surface area contributed by atoms with Crippen molar-refractivity contribution in [2.24, 2.45) is 0 Å². The number of nitrogens with zero attached hydrogens (tertiary/aromatic N) is 1. The molecule has 0 spiro atoms. The first-order chi connectivity index (χ1) is 8.20. The molecule has 2 aromatic rings. The van der Waals surface area contributed by atoms with Crippen LogP contribution >= 0.6 is 11.3 Å². The average Bonchev–Trinajstić information content (AvgIpc) is 2.79. The summed E-state index contributed by atoms with van der Waals surface area (Å²) in [5.74, 6) is 1.39. The molecule has 1 aromatic carbocycles. The molecule has 0 saturated heterocycles. The molecule has 0 amide bonds. The predicted molar refractivity (Wildman–Crippen MR) is 72.8 cm³/mol. The predicted octanol–water partition coefficient (Wildman–Crippen LogP) is 4.33. The molecule has 0 radical (unpaired) electrons. The van der Waals surface area contributed by atoms with Gasteiger partial charge in [0.1, 0.15) is 10.8 Å². The van der Waals surface area contributed by atoms with Gasteiger partial charge in [0.05, 0.1) is 12.3 Å². The summed E-state index contributed by atoms with van der Waals surface area (Å²) < 4.78 is 5.50. The Morgan fingerprint density at radius 2 is 2.18 bits per heavy atom. The first-order valence-electron chi connectivity index (χ1n) is 5.89. The minimum absolute atomic E-state index is 0.482. The van der Waals surface area contributed by atoms with Crippen molar-refractivity contribution < 1.29 is 4.74 Å². The fourth-order valence-corrected chi connectivity index (χ4v) is 2.55. The smallest absolute Gasteiger partial charge is 0.123 e. The van der Waals surface area contributed by atoms with Crippen molar-refractivity contribution in [1.82, 2.24) is 4.98 Å². The molecule has 0 atom stereocenters. The summed E-state index contributed by atoms with van der Waals surface area (Å²) in [6.07, 6.45) is 0. The highest BCUT2D eigenvalue weighted by Crippen LogP contribution is 2.28. The highest BCUT2D eigenvalue weighted by Gasteiger charge is 2.08. The Bertz CT molecular complexity index is 490. The van der Waals surface area contributed by atoms with E-state index in [4.69, 9.17) is 4.74 Å². The fraction of sp³-hybridized carbons (Fsp3) is 0.357. The highest BCUT2D eigenvalue weighted by molar-refractivity contribution is 7.13. The standard InChI is InChI=1S/C14H17NOS/c1-4-16-12-7-5-6-11(8-12)14-15-13(9-17-14)10(2)3/h5-10H,4H2,1-3H3. The molecule has 1 aromatic heterocycles. The lowest BCUT2D eigenvalue weighted by Crippen LogP contribution is -1.91. The molecule has 2 rings (SSSR count). The van der Waals surface area contributed by atoms with Crippen molar-refractivity contribution in [2.75, 3.05) is 6.61 Å². The van der Waals surface area contributed by atoms with E-state index >= 15 is 0 Å². The second-order valence-electron chi connectivity index (χ2n) is 4.19. The Labute approximate surface area is 106 Å². The molecule has 2 nitrogen and oxygen atoms in total. The van der Waals surface area contributed by atoms with Gasteiger partial charge in [-0.1, -0.05) is 26.0 Å². The van der Waals surface area contributed by atoms with Crippen LogP contribution in [0, 0.1) is 0 Å². The minimum atomic E-state index is 0.482. The van der Waals surface area contributed by atoms with Gasteiger partial charge in [0, 0.05) is 10.9 Å². The first-order valence-corrected chi connectivity index (χ1v) is 6.77. The topological polar surface area (TPSA) is 22.1 Å². The van der Waals surface area contributed by atoms with Crippen LogP contribution in [0.25, 0.3) is 10.6 Å². The van der Waals surface area contributed by atoms with Crippen LogP contribution < -0.4 is 4.74 Å². The molecular weight excluding hydrogens is 230 g/mol. The molecule has 0 fully saturated rings. The van der Waals surface area contributed by atoms with Crippen LogP contribution in [0.15, 0.2) is 29.6 Å². The number of ether oxygens (including phenoxy) is 1. The van der Waals surface area contributed by atoms with Gasteiger partial charge in [0.25, 0.3) is 0 Å². The molecule has 0 N–H and O–H groups in total. The zero-order valence-electron chi connectivity index (χ0n) is 10.4. The highest BCUT2D eigenvalue weighted by atomic mass is 32.1. The SMILES string of the molecule is CCOc1cccc(-c2nc(C(C)C)cs2)c1. The summed E-state index contributed by atoms with van der Waals surface area (Å²) in [6.45, 7) is 7.01. The third kappa shape index (κ3) is 2.86. The van der Waals surface area contributed by atoms with E-state index in [1.54, 1.807) is 11.3 Å². The number of aromatic nitrogens is 1. The summed E-state index contributed by atoms with van der Waals surface area (Å²) in [5.41, 5.74) is 2.29. The zero-order valence-corrected chi connectivity index (χ0v) is 11.3. The van der Waals surface area contributed by atoms with E-state index in [0.717, 1.165) is 22.0 Å². The number of rotatable bonds is 4. The maximum absolute atomic E-state index is 5.50. The summed E-state index contributed by atoms with van der Waals surface area (Å²) in [4.78, 5) is 4.64. The van der Waals surface area contributed by atoms with Crippen molar-refractivity contribution >= 4 is 11.3 Å². The van der Waals surface area contributed by atoms with Gasteiger partial charge in [0.15, 0.2) is 0 Å². The number of hydrogen-bond acceptors (Lipinski definition) is 3. The summed E-state index contributed by atoms with van der Waals surface area (Å²) in [6, 6.07) is 8.11. The lowest BCUT2D eigenvalue weighted by atomic mass is 10.1. The van der Waals surface area contributed by atoms with Gasteiger partial charge >= 0.3 is 0 Å². The molecule has 17 heavy (non-hydrogen) atoms. The molecule has 0 bridgehead atoms. The molecule has 1 heterocycles. The van der Waals surface area contributed by atoms with Gasteiger partial charge in [0.2, 0.25) is 0 Å². The van der Waals surface area contributed by atoms with E-state index in [1.165, 1.54) is 0 Å². The van der Waals surface area contributed by atoms with Crippen molar-refractivity contribution in [3.63, 3.8) is 0 Å². The maximum Gasteiger partial charge on any atom is 0.123 e. The van der Waals surface area contributed by atoms with Crippen molar-refractivity contribution in [1.29, 1.82) is 0 Å². The number of hydrogen-bond donors (Lipinski definition) is 0. The lowest BCUT2D eigenvalue weighted by Gasteiger charge is -2.04. The van der Waals surface area contributed by atoms with Crippen LogP contribution in [0.4, 0.5) is 0 Å². The zero-order chi connectivity index (χ0) is 12.3. The molecule has 0 unspecified atom stereocenters. The third-order valence-electron chi connectivity index (χ3n) is 2.51. The van der Waals surface area contributed by atoms with Crippen LogP contribution in [0.5, 0.6) is 5.75 Å². The molecule has 0 aliphatic carbocycles. The molecular formula is C14H17NOS. The van der Waals surface area contributed by atoms with Gasteiger partial charge in [-0.3, -0.25) is 0 Å². The monoisotopic (exact) mass is 247 g/mol. The summed E-state index contributed by atoms with van der Waals surface area (Å²) in [7, 11) is 0. The van der Waals surface area contributed by atoms with Crippen LogP contribution in [0.2, 0.25) is 0 Å². The van der Waals surface area contributed by atoms with Gasteiger partial charge in [-0.15, -0.1) is 11.3 Å². The van der Waals surface area contributed by atoms with Crippen LogP contribution in [-0.2, 0) is 0 Å². The van der Waals surface area contributed by atoms with Crippen LogP contribution in [-0.4, -0.2) is 11.6 Å². The number of thiazole rings is 1. The Balaban J connectivity index is 2.28. The van der Waals surface area contributed by atoms with Gasteiger partial charge in [-0.25, -0.2) is 4.98 Å². The maximum atomic E-state index is 5.50. The second kappa shape index (κ2) is 5.32. The average molecular weight is 247 g/mol. The Kier molecular flexibility index (Phi) is 3.79. The van der Waals surface area contributed by atoms with Crippen LogP contribution in [0.3, 0.4) is 0 Å². The van der Waals surface area contributed by atoms with Gasteiger partial charge in [-0.05, 0) is 25.0 Å². The largest absolute Gasteiger partial charge is 0.494 e. The first kappa shape index (κ1) is 12.1. The molecule has 90 valence electrons. The van der Waals surface area contributed by atoms with Crippen molar-refractivity contribution in [2.45, 2.75) is 26.7 Å². The normalized spacial score (nSPS) is 10.8. The van der Waals surface area contributed by atoms with Gasteiger partial charge < -0.3 is 4.74 Å². The quantitative estimate of drug-likeness (QED) is 0.802. The van der Waals surface area contributed by atoms with E-state index in [0.29, 0.717) is 12.5 Å². The van der Waals surface area contributed by atoms with E-state index in [2.05, 4.69) is 30.3 Å². The third-order valence-corrected chi connectivity index (χ3v) is 3.42. The Hall–Kier alpha value is -1.35. The summed E-state index contributed by atoms with van der Waals surface area (Å²) >= 11 is 1.69. The van der Waals surface area contributed by atoms with Crippen molar-refractivity contribution in [3.05, 3.63) is 35.3 Å². The molecule has 0 saturated carbocycles. The Morgan fingerprint density at radius 3 is 2.82 bits per heavy atom. The summed E-state index contributed by atoms with van der Waals surface area (Å²) in [5, 5.41) is 3.20. The molecule has 0 aliphatic rings. The van der Waals surface area contributed by atoms with E-state index in [9.17, 15) is 0 Å². The van der Waals surface area contributed by atoms with E-state index in [1.807, 2.05) is 25.1 Å². The molecule has 0 aliphatic heterocycles. The van der Waals surface area contributed by atoms with E-state index in [-0.39, 0.29) is 0 Å². The van der Waals surface area contributed by atoms with Crippen molar-refractivity contribution in [3.8, 4) is 16.3 Å². The Morgan fingerprint density at radius 1 is 1.35 bits per heavy atom. The fourth-order valence-electron chi connectivity index (χ4n) is 1.57. The number of benzene rings is 1.